The van der Waals surface area contributed by atoms with Crippen LogP contribution in [-0.2, 0) is 0 Å². The lowest BCUT2D eigenvalue weighted by Gasteiger charge is -2.40. The Labute approximate surface area is 136 Å². The SMILES string of the molecule is CN1CCN(C(=O)c2cc(C3CC3)[nH]n2)[C@@H](c2ccccc2)C1. The molecular formula is C18H22N4O. The summed E-state index contributed by atoms with van der Waals surface area (Å²) in [6.45, 7) is 2.49. The van der Waals surface area contributed by atoms with Crippen LogP contribution in [0.15, 0.2) is 36.4 Å². The third-order valence-electron chi connectivity index (χ3n) is 4.86. The van der Waals surface area contributed by atoms with Gasteiger partial charge >= 0.3 is 0 Å². The Morgan fingerprint density at radius 2 is 2.00 bits per heavy atom. The number of nitrogens with zero attached hydrogens (tertiary/aromatic N) is 3. The molecule has 1 saturated heterocycles. The molecular weight excluding hydrogens is 288 g/mol. The van der Waals surface area contributed by atoms with Crippen molar-refractivity contribution in [2.75, 3.05) is 26.7 Å². The van der Waals surface area contributed by atoms with Gasteiger partial charge in [-0.1, -0.05) is 30.3 Å². The summed E-state index contributed by atoms with van der Waals surface area (Å²) in [6, 6.07) is 12.3. The number of carbonyl (C=O) groups is 1. The van der Waals surface area contributed by atoms with Crippen LogP contribution in [0.5, 0.6) is 0 Å². The molecule has 2 aliphatic rings. The number of aromatic nitrogens is 2. The number of benzene rings is 1. The van der Waals surface area contributed by atoms with Crippen molar-refractivity contribution in [1.29, 1.82) is 0 Å². The van der Waals surface area contributed by atoms with Gasteiger partial charge in [0.05, 0.1) is 6.04 Å². The number of likely N-dealkylation sites (N-methyl/N-ethyl adjacent to an activating group) is 1. The van der Waals surface area contributed by atoms with E-state index >= 15 is 0 Å². The molecule has 0 radical (unpaired) electrons. The van der Waals surface area contributed by atoms with Crippen LogP contribution in [0.1, 0.15) is 46.5 Å². The molecule has 0 spiro atoms. The molecule has 2 heterocycles. The van der Waals surface area contributed by atoms with Crippen molar-refractivity contribution in [2.45, 2.75) is 24.8 Å². The highest BCUT2D eigenvalue weighted by atomic mass is 16.2. The molecule has 120 valence electrons. The minimum Gasteiger partial charge on any atom is -0.328 e. The second kappa shape index (κ2) is 5.81. The fourth-order valence-corrected chi connectivity index (χ4v) is 3.32. The molecule has 1 amide bonds. The van der Waals surface area contributed by atoms with Gasteiger partial charge in [-0.3, -0.25) is 9.89 Å². The lowest BCUT2D eigenvalue weighted by atomic mass is 10.0. The molecule has 5 nitrogen and oxygen atoms in total. The van der Waals surface area contributed by atoms with Gasteiger partial charge in [0.1, 0.15) is 5.69 Å². The first-order valence-corrected chi connectivity index (χ1v) is 8.32. The topological polar surface area (TPSA) is 52.2 Å². The van der Waals surface area contributed by atoms with Gasteiger partial charge in [-0.05, 0) is 31.5 Å². The van der Waals surface area contributed by atoms with Gasteiger partial charge in [0, 0.05) is 31.2 Å². The second-order valence-corrected chi connectivity index (χ2v) is 6.67. The quantitative estimate of drug-likeness (QED) is 0.947. The van der Waals surface area contributed by atoms with Crippen LogP contribution >= 0.6 is 0 Å². The van der Waals surface area contributed by atoms with E-state index in [1.165, 1.54) is 18.4 Å². The Bertz CT molecular complexity index is 692. The van der Waals surface area contributed by atoms with Crippen molar-refractivity contribution in [1.82, 2.24) is 20.0 Å². The minimum absolute atomic E-state index is 0.0371. The third-order valence-corrected chi connectivity index (χ3v) is 4.86. The molecule has 2 fully saturated rings. The lowest BCUT2D eigenvalue weighted by Crippen LogP contribution is -2.49. The molecule has 23 heavy (non-hydrogen) atoms. The van der Waals surface area contributed by atoms with Crippen LogP contribution in [0.2, 0.25) is 0 Å². The summed E-state index contributed by atoms with van der Waals surface area (Å²) in [6.07, 6.45) is 2.41. The van der Waals surface area contributed by atoms with Crippen LogP contribution < -0.4 is 0 Å². The number of rotatable bonds is 3. The molecule has 1 aromatic heterocycles. The highest BCUT2D eigenvalue weighted by molar-refractivity contribution is 5.92. The highest BCUT2D eigenvalue weighted by Crippen LogP contribution is 2.39. The molecule has 4 rings (SSSR count). The first-order valence-electron chi connectivity index (χ1n) is 8.32. The maximum atomic E-state index is 13.0. The normalized spacial score (nSPS) is 22.3. The molecule has 0 unspecified atom stereocenters. The summed E-state index contributed by atoms with van der Waals surface area (Å²) in [5, 5.41) is 7.31. The Balaban J connectivity index is 1.60. The van der Waals surface area contributed by atoms with Crippen molar-refractivity contribution >= 4 is 5.91 Å². The van der Waals surface area contributed by atoms with Crippen molar-refractivity contribution in [3.63, 3.8) is 0 Å². The molecule has 1 saturated carbocycles. The average Bonchev–Trinajstić information content (AvgIpc) is 3.32. The van der Waals surface area contributed by atoms with E-state index in [-0.39, 0.29) is 11.9 Å². The van der Waals surface area contributed by atoms with Gasteiger partial charge in [0.15, 0.2) is 0 Å². The van der Waals surface area contributed by atoms with Gasteiger partial charge in [0.25, 0.3) is 5.91 Å². The average molecular weight is 310 g/mol. The van der Waals surface area contributed by atoms with Gasteiger partial charge < -0.3 is 9.80 Å². The van der Waals surface area contributed by atoms with Crippen molar-refractivity contribution in [3.8, 4) is 0 Å². The zero-order chi connectivity index (χ0) is 15.8. The van der Waals surface area contributed by atoms with Crippen LogP contribution in [0, 0.1) is 0 Å². The van der Waals surface area contributed by atoms with E-state index in [1.54, 1.807) is 0 Å². The Hall–Kier alpha value is -2.14. The van der Waals surface area contributed by atoms with E-state index in [1.807, 2.05) is 29.2 Å². The van der Waals surface area contributed by atoms with E-state index in [2.05, 4.69) is 34.3 Å². The van der Waals surface area contributed by atoms with E-state index in [4.69, 9.17) is 0 Å². The predicted octanol–water partition coefficient (Wildman–Crippen LogP) is 2.42. The number of carbonyl (C=O) groups excluding carboxylic acids is 1. The van der Waals surface area contributed by atoms with Crippen LogP contribution in [-0.4, -0.2) is 52.6 Å². The van der Waals surface area contributed by atoms with Crippen molar-refractivity contribution < 1.29 is 4.79 Å². The second-order valence-electron chi connectivity index (χ2n) is 6.67. The molecule has 1 aliphatic carbocycles. The van der Waals surface area contributed by atoms with Gasteiger partial charge in [-0.15, -0.1) is 0 Å². The van der Waals surface area contributed by atoms with Gasteiger partial charge in [0.2, 0.25) is 0 Å². The first-order chi connectivity index (χ1) is 11.2. The molecule has 5 heteroatoms. The fraction of sp³-hybridized carbons (Fsp3) is 0.444. The number of nitrogens with one attached hydrogen (secondary N) is 1. The van der Waals surface area contributed by atoms with Gasteiger partial charge in [-0.25, -0.2) is 0 Å². The van der Waals surface area contributed by atoms with Crippen LogP contribution in [0.25, 0.3) is 0 Å². The summed E-state index contributed by atoms with van der Waals surface area (Å²) < 4.78 is 0. The maximum absolute atomic E-state index is 13.0. The number of hydrogen-bond donors (Lipinski definition) is 1. The summed E-state index contributed by atoms with van der Waals surface area (Å²) in [4.78, 5) is 17.2. The fourth-order valence-electron chi connectivity index (χ4n) is 3.32. The Kier molecular flexibility index (Phi) is 3.65. The maximum Gasteiger partial charge on any atom is 0.274 e. The summed E-state index contributed by atoms with van der Waals surface area (Å²) in [7, 11) is 2.11. The zero-order valence-electron chi connectivity index (χ0n) is 13.4. The summed E-state index contributed by atoms with van der Waals surface area (Å²) in [5.74, 6) is 0.622. The standard InChI is InChI=1S/C18H22N4O/c1-21-9-10-22(17(12-21)14-5-3-2-4-6-14)18(23)16-11-15(19-20-16)13-7-8-13/h2-6,11,13,17H,7-10,12H2,1H3,(H,19,20)/t17-/m1/s1. The number of piperazine rings is 1. The Morgan fingerprint density at radius 1 is 1.22 bits per heavy atom. The van der Waals surface area contributed by atoms with E-state index in [9.17, 15) is 4.79 Å². The molecule has 2 aromatic rings. The summed E-state index contributed by atoms with van der Waals surface area (Å²) >= 11 is 0. The summed E-state index contributed by atoms with van der Waals surface area (Å²) in [5.41, 5.74) is 2.85. The zero-order valence-corrected chi connectivity index (χ0v) is 13.4. The van der Waals surface area contributed by atoms with Crippen molar-refractivity contribution in [2.24, 2.45) is 0 Å². The minimum atomic E-state index is 0.0371. The highest BCUT2D eigenvalue weighted by Gasteiger charge is 2.33. The number of H-pyrrole nitrogens is 1. The van der Waals surface area contributed by atoms with E-state index in [0.29, 0.717) is 11.6 Å². The third kappa shape index (κ3) is 2.88. The molecule has 1 aliphatic heterocycles. The molecule has 1 aromatic carbocycles. The van der Waals surface area contributed by atoms with Crippen molar-refractivity contribution in [3.05, 3.63) is 53.3 Å². The largest absolute Gasteiger partial charge is 0.328 e. The van der Waals surface area contributed by atoms with Crippen LogP contribution in [0.4, 0.5) is 0 Å². The van der Waals surface area contributed by atoms with E-state index in [0.717, 1.165) is 25.3 Å². The smallest absolute Gasteiger partial charge is 0.274 e. The first kappa shape index (κ1) is 14.5. The molecule has 1 atom stereocenters. The number of hydrogen-bond acceptors (Lipinski definition) is 3. The number of amides is 1. The lowest BCUT2D eigenvalue weighted by molar-refractivity contribution is 0.0492. The van der Waals surface area contributed by atoms with E-state index < -0.39 is 0 Å². The number of aromatic amines is 1. The van der Waals surface area contributed by atoms with Gasteiger partial charge in [-0.2, -0.15) is 5.10 Å². The van der Waals surface area contributed by atoms with Crippen LogP contribution in [0.3, 0.4) is 0 Å². The predicted molar refractivity (Wildman–Crippen MR) is 88.3 cm³/mol. The molecule has 1 N–H and O–H groups in total. The molecule has 0 bridgehead atoms. The Morgan fingerprint density at radius 3 is 2.74 bits per heavy atom. The monoisotopic (exact) mass is 310 g/mol.